The maximum absolute atomic E-state index is 12.8. The van der Waals surface area contributed by atoms with Crippen molar-refractivity contribution in [2.45, 2.75) is 66.2 Å². The molecule has 0 spiro atoms. The molecule has 5 heteroatoms. The monoisotopic (exact) mass is 298 g/mol. The van der Waals surface area contributed by atoms with Crippen molar-refractivity contribution < 1.29 is 14.3 Å². The quantitative estimate of drug-likeness (QED) is 0.842. The summed E-state index contributed by atoms with van der Waals surface area (Å²) in [7, 11) is 1.62. The second kappa shape index (κ2) is 6.77. The molecule has 0 aliphatic carbocycles. The summed E-state index contributed by atoms with van der Waals surface area (Å²) in [5.41, 5.74) is -0.301. The third-order valence-corrected chi connectivity index (χ3v) is 3.91. The molecule has 1 rings (SSSR count). The number of nitrogens with one attached hydrogen (secondary N) is 1. The van der Waals surface area contributed by atoms with Crippen LogP contribution in [0.15, 0.2) is 0 Å². The second-order valence-electron chi connectivity index (χ2n) is 7.49. The molecular weight excluding hydrogens is 268 g/mol. The van der Waals surface area contributed by atoms with E-state index < -0.39 is 12.1 Å². The van der Waals surface area contributed by atoms with Crippen LogP contribution < -0.4 is 5.32 Å². The van der Waals surface area contributed by atoms with Crippen LogP contribution in [0, 0.1) is 11.3 Å². The van der Waals surface area contributed by atoms with Crippen molar-refractivity contribution in [2.24, 2.45) is 11.3 Å². The van der Waals surface area contributed by atoms with Crippen LogP contribution >= 0.6 is 0 Å². The van der Waals surface area contributed by atoms with Crippen molar-refractivity contribution in [3.63, 3.8) is 0 Å². The lowest BCUT2D eigenvalue weighted by Crippen LogP contribution is -2.67. The average Bonchev–Trinajstić information content (AvgIpc) is 2.35. The minimum atomic E-state index is -0.475. The zero-order valence-electron chi connectivity index (χ0n) is 14.4. The zero-order chi connectivity index (χ0) is 16.4. The Morgan fingerprint density at radius 1 is 1.24 bits per heavy atom. The summed E-state index contributed by atoms with van der Waals surface area (Å²) in [6, 6.07) is -0.869. The van der Waals surface area contributed by atoms with Gasteiger partial charge in [0.2, 0.25) is 11.8 Å². The summed E-state index contributed by atoms with van der Waals surface area (Å²) in [5.74, 6) is 0.295. The van der Waals surface area contributed by atoms with Gasteiger partial charge in [0, 0.05) is 13.7 Å². The standard InChI is InChI=1S/C16H30N2O3/c1-10(2)8-12-14(19)17-13(16(4,5)6)15(20)18(12)9-11(3)21-7/h10-13H,8-9H2,1-7H3,(H,17,19). The molecule has 1 aliphatic rings. The minimum absolute atomic E-state index is 0.00310. The molecule has 3 atom stereocenters. The average molecular weight is 298 g/mol. The Hall–Kier alpha value is -1.10. The molecule has 0 aromatic rings. The van der Waals surface area contributed by atoms with Crippen LogP contribution in [-0.2, 0) is 14.3 Å². The molecule has 1 heterocycles. The van der Waals surface area contributed by atoms with Crippen LogP contribution in [0.5, 0.6) is 0 Å². The number of ether oxygens (including phenoxy) is 1. The third-order valence-electron chi connectivity index (χ3n) is 3.91. The topological polar surface area (TPSA) is 58.6 Å². The van der Waals surface area contributed by atoms with E-state index in [0.29, 0.717) is 18.9 Å². The van der Waals surface area contributed by atoms with Crippen molar-refractivity contribution in [2.75, 3.05) is 13.7 Å². The molecule has 0 saturated carbocycles. The predicted octanol–water partition coefficient (Wildman–Crippen LogP) is 1.81. The number of piperazine rings is 1. The van der Waals surface area contributed by atoms with Gasteiger partial charge in [0.15, 0.2) is 0 Å². The van der Waals surface area contributed by atoms with Gasteiger partial charge in [0.25, 0.3) is 0 Å². The van der Waals surface area contributed by atoms with Gasteiger partial charge in [-0.15, -0.1) is 0 Å². The van der Waals surface area contributed by atoms with Crippen molar-refractivity contribution >= 4 is 11.8 Å². The summed E-state index contributed by atoms with van der Waals surface area (Å²) in [4.78, 5) is 27.0. The SMILES string of the molecule is COC(C)CN1C(=O)C(C(C)(C)C)NC(=O)C1CC(C)C. The largest absolute Gasteiger partial charge is 0.380 e. The number of hydrogen-bond acceptors (Lipinski definition) is 3. The van der Waals surface area contributed by atoms with Crippen molar-refractivity contribution in [1.82, 2.24) is 10.2 Å². The Morgan fingerprint density at radius 3 is 2.24 bits per heavy atom. The highest BCUT2D eigenvalue weighted by Crippen LogP contribution is 2.27. The summed E-state index contributed by atoms with van der Waals surface area (Å²) < 4.78 is 5.29. The molecule has 3 unspecified atom stereocenters. The fraction of sp³-hybridized carbons (Fsp3) is 0.875. The Labute approximate surface area is 128 Å². The fourth-order valence-corrected chi connectivity index (χ4v) is 2.60. The number of carbonyl (C=O) groups is 2. The van der Waals surface area contributed by atoms with Crippen LogP contribution in [0.25, 0.3) is 0 Å². The first-order valence-corrected chi connectivity index (χ1v) is 7.71. The van der Waals surface area contributed by atoms with Gasteiger partial charge in [-0.25, -0.2) is 0 Å². The van der Waals surface area contributed by atoms with E-state index in [2.05, 4.69) is 19.2 Å². The van der Waals surface area contributed by atoms with Gasteiger partial charge in [-0.05, 0) is 24.7 Å². The number of rotatable bonds is 5. The summed E-state index contributed by atoms with van der Waals surface area (Å²) in [5, 5.41) is 2.91. The lowest BCUT2D eigenvalue weighted by Gasteiger charge is -2.44. The van der Waals surface area contributed by atoms with Crippen molar-refractivity contribution in [3.05, 3.63) is 0 Å². The molecule has 5 nitrogen and oxygen atoms in total. The van der Waals surface area contributed by atoms with Crippen LogP contribution in [-0.4, -0.2) is 48.6 Å². The van der Waals surface area contributed by atoms with Gasteiger partial charge in [-0.3, -0.25) is 9.59 Å². The van der Waals surface area contributed by atoms with E-state index >= 15 is 0 Å². The van der Waals surface area contributed by atoms with E-state index in [1.165, 1.54) is 0 Å². The number of carbonyl (C=O) groups excluding carboxylic acids is 2. The van der Waals surface area contributed by atoms with Gasteiger partial charge in [-0.2, -0.15) is 0 Å². The molecule has 1 N–H and O–H groups in total. The summed E-state index contributed by atoms with van der Waals surface area (Å²) in [6.07, 6.45) is 0.584. The molecule has 1 saturated heterocycles. The van der Waals surface area contributed by atoms with E-state index in [9.17, 15) is 9.59 Å². The van der Waals surface area contributed by atoms with E-state index in [1.807, 2.05) is 27.7 Å². The number of amides is 2. The minimum Gasteiger partial charge on any atom is -0.380 e. The summed E-state index contributed by atoms with van der Waals surface area (Å²) >= 11 is 0. The van der Waals surface area contributed by atoms with Gasteiger partial charge < -0.3 is 15.0 Å². The van der Waals surface area contributed by atoms with Gasteiger partial charge in [0.05, 0.1) is 6.10 Å². The fourth-order valence-electron chi connectivity index (χ4n) is 2.60. The molecule has 21 heavy (non-hydrogen) atoms. The molecule has 0 aromatic carbocycles. The maximum atomic E-state index is 12.8. The van der Waals surface area contributed by atoms with Gasteiger partial charge in [-0.1, -0.05) is 34.6 Å². The molecule has 1 aliphatic heterocycles. The molecular formula is C16H30N2O3. The van der Waals surface area contributed by atoms with E-state index in [4.69, 9.17) is 4.74 Å². The summed E-state index contributed by atoms with van der Waals surface area (Å²) in [6.45, 7) is 12.4. The molecule has 2 amide bonds. The van der Waals surface area contributed by atoms with Crippen molar-refractivity contribution in [1.29, 1.82) is 0 Å². The molecule has 0 radical (unpaired) electrons. The van der Waals surface area contributed by atoms with E-state index in [-0.39, 0.29) is 23.3 Å². The predicted molar refractivity (Wildman–Crippen MR) is 82.8 cm³/mol. The maximum Gasteiger partial charge on any atom is 0.246 e. The smallest absolute Gasteiger partial charge is 0.246 e. The first kappa shape index (κ1) is 18.0. The Balaban J connectivity index is 3.04. The lowest BCUT2D eigenvalue weighted by molar-refractivity contribution is -0.154. The van der Waals surface area contributed by atoms with Crippen LogP contribution in [0.3, 0.4) is 0 Å². The Bertz CT molecular complexity index is 387. The first-order chi connectivity index (χ1) is 9.57. The van der Waals surface area contributed by atoms with Crippen LogP contribution in [0.4, 0.5) is 0 Å². The molecule has 0 aromatic heterocycles. The van der Waals surface area contributed by atoms with Gasteiger partial charge >= 0.3 is 0 Å². The third kappa shape index (κ3) is 4.43. The Kier molecular flexibility index (Phi) is 5.79. The highest BCUT2D eigenvalue weighted by molar-refractivity contribution is 5.97. The van der Waals surface area contributed by atoms with E-state index in [1.54, 1.807) is 12.0 Å². The normalized spacial score (nSPS) is 25.2. The first-order valence-electron chi connectivity index (χ1n) is 7.71. The number of methoxy groups -OCH3 is 1. The number of hydrogen-bond donors (Lipinski definition) is 1. The molecule has 1 fully saturated rings. The highest BCUT2D eigenvalue weighted by Gasteiger charge is 2.45. The lowest BCUT2D eigenvalue weighted by atomic mass is 9.83. The Morgan fingerprint density at radius 2 is 1.81 bits per heavy atom. The molecule has 122 valence electrons. The molecule has 0 bridgehead atoms. The highest BCUT2D eigenvalue weighted by atomic mass is 16.5. The second-order valence-corrected chi connectivity index (χ2v) is 7.49. The van der Waals surface area contributed by atoms with Crippen molar-refractivity contribution in [3.8, 4) is 0 Å². The van der Waals surface area contributed by atoms with Gasteiger partial charge in [0.1, 0.15) is 12.1 Å². The zero-order valence-corrected chi connectivity index (χ0v) is 14.4. The van der Waals surface area contributed by atoms with Crippen LogP contribution in [0.2, 0.25) is 0 Å². The van der Waals surface area contributed by atoms with Crippen LogP contribution in [0.1, 0.15) is 48.0 Å². The number of nitrogens with zero attached hydrogens (tertiary/aromatic N) is 1. The van der Waals surface area contributed by atoms with E-state index in [0.717, 1.165) is 0 Å².